The van der Waals surface area contributed by atoms with Crippen molar-refractivity contribution in [2.24, 2.45) is 0 Å². The Morgan fingerprint density at radius 3 is 1.25 bits per heavy atom. The van der Waals surface area contributed by atoms with E-state index in [-0.39, 0.29) is 40.8 Å². The Labute approximate surface area is 54.6 Å². The average molecular weight is 198 g/mol. The summed E-state index contributed by atoms with van der Waals surface area (Å²) in [6.07, 6.45) is 0. The Bertz CT molecular complexity index is 6.00. The fraction of sp³-hybridized carbons (Fsp3) is 0. The van der Waals surface area contributed by atoms with Crippen LogP contribution < -0.4 is 0 Å². The van der Waals surface area contributed by atoms with Gasteiger partial charge in [0, 0.05) is 46.0 Å². The van der Waals surface area contributed by atoms with Crippen LogP contribution in [0.1, 0.15) is 0 Å². The van der Waals surface area contributed by atoms with Crippen LogP contribution in [0.2, 0.25) is 0 Å². The maximum atomic E-state index is 9.12. The van der Waals surface area contributed by atoms with E-state index in [0.717, 1.165) is 0 Å². The smallest absolute Gasteiger partial charge is 0.0104 e. The Hall–Kier alpha value is 1.17. The van der Waals surface area contributed by atoms with Crippen LogP contribution in [-0.4, -0.2) is 0 Å². The van der Waals surface area contributed by atoms with Crippen LogP contribution in [0.25, 0.3) is 0 Å². The Morgan fingerprint density at radius 1 is 1.25 bits per heavy atom. The molecule has 24 valence electrons. The van der Waals surface area contributed by atoms with Gasteiger partial charge in [0.1, 0.15) is 0 Å². The van der Waals surface area contributed by atoms with Crippen LogP contribution in [0.15, 0.2) is 0 Å². The second-order valence-corrected chi connectivity index (χ2v) is 0.0583. The van der Waals surface area contributed by atoms with Gasteiger partial charge in [-0.05, 0) is 9.05 Å². The van der Waals surface area contributed by atoms with E-state index in [0.29, 0.717) is 0 Å². The quantitative estimate of drug-likeness (QED) is 0.558. The van der Waals surface area contributed by atoms with Crippen molar-refractivity contribution >= 4 is 0 Å². The number of halogens is 2. The summed E-state index contributed by atoms with van der Waals surface area (Å²) >= 11 is 0. The SMILES string of the molecule is FOF.[Nd]. The van der Waals surface area contributed by atoms with E-state index < -0.39 is 0 Å². The van der Waals surface area contributed by atoms with Crippen molar-refractivity contribution in [3.8, 4) is 0 Å². The first-order chi connectivity index (χ1) is 1.41. The maximum absolute atomic E-state index is 9.12. The van der Waals surface area contributed by atoms with Crippen LogP contribution in [0.3, 0.4) is 0 Å². The fourth-order valence-corrected chi connectivity index (χ4v) is 0. The third-order valence-corrected chi connectivity index (χ3v) is 0. The van der Waals surface area contributed by atoms with Gasteiger partial charge in [0.25, 0.3) is 0 Å². The van der Waals surface area contributed by atoms with Gasteiger partial charge in [-0.1, -0.05) is 0 Å². The monoisotopic (exact) mass is 196 g/mol. The molecule has 0 aliphatic heterocycles. The molecule has 0 saturated carbocycles. The predicted octanol–water partition coefficient (Wildman–Crippen LogP) is 0.772. The molecule has 0 aromatic rings. The number of hydrogen-bond donors (Lipinski definition) is 0. The zero-order chi connectivity index (χ0) is 2.71. The summed E-state index contributed by atoms with van der Waals surface area (Å²) in [4.78, 5) is 0. The van der Waals surface area contributed by atoms with E-state index in [1.165, 1.54) is 5.15 Å². The van der Waals surface area contributed by atoms with Crippen LogP contribution in [-0.2, 0) is 5.15 Å². The Morgan fingerprint density at radius 2 is 1.25 bits per heavy atom. The van der Waals surface area contributed by atoms with E-state index in [9.17, 15) is 0 Å². The van der Waals surface area contributed by atoms with Crippen molar-refractivity contribution in [1.82, 2.24) is 0 Å². The molecule has 0 saturated heterocycles. The molecule has 0 aliphatic rings. The normalized spacial score (nSPS) is 4.50. The second kappa shape index (κ2) is 8.90. The first-order valence-electron chi connectivity index (χ1n) is 0.309. The molecular weight excluding hydrogens is 198 g/mol. The van der Waals surface area contributed by atoms with Gasteiger partial charge >= 0.3 is 0 Å². The van der Waals surface area contributed by atoms with Gasteiger partial charge in [0.05, 0.1) is 0 Å². The van der Waals surface area contributed by atoms with Crippen molar-refractivity contribution < 1.29 is 55.0 Å². The molecule has 0 unspecified atom stereocenters. The number of hydrogen-bond acceptors (Lipinski definition) is 1. The van der Waals surface area contributed by atoms with Crippen LogP contribution in [0.4, 0.5) is 9.05 Å². The Kier molecular flexibility index (Phi) is 19.9. The summed E-state index contributed by atoms with van der Waals surface area (Å²) in [5.41, 5.74) is 0. The molecule has 0 spiro atoms. The zero-order valence-electron chi connectivity index (χ0n) is 1.66. The first kappa shape index (κ1) is 8.95. The molecule has 0 rings (SSSR count). The Balaban J connectivity index is 0. The van der Waals surface area contributed by atoms with Gasteiger partial charge in [-0.3, -0.25) is 0 Å². The summed E-state index contributed by atoms with van der Waals surface area (Å²) in [5, 5.41) is 1.25. The predicted molar refractivity (Wildman–Crippen MR) is 3.30 cm³/mol. The van der Waals surface area contributed by atoms with Gasteiger partial charge in [-0.15, -0.1) is 0 Å². The molecule has 4 heteroatoms. The standard InChI is InChI=1S/F2O.Nd/c1-3-2;. The summed E-state index contributed by atoms with van der Waals surface area (Å²) in [6, 6.07) is 0. The van der Waals surface area contributed by atoms with E-state index in [4.69, 9.17) is 9.05 Å². The van der Waals surface area contributed by atoms with Crippen LogP contribution in [0.5, 0.6) is 0 Å². The average Bonchev–Trinajstić information content (AvgIpc) is 0.918. The summed E-state index contributed by atoms with van der Waals surface area (Å²) < 4.78 is 18.2. The maximum Gasteiger partial charge on any atom is 0.0209 e. The topological polar surface area (TPSA) is 9.23 Å². The van der Waals surface area contributed by atoms with Gasteiger partial charge in [-0.2, -0.15) is 0 Å². The molecule has 0 aromatic heterocycles. The molecule has 0 N–H and O–H groups in total. The molecule has 4 heavy (non-hydrogen) atoms. The van der Waals surface area contributed by atoms with Crippen LogP contribution in [0, 0.1) is 40.8 Å². The van der Waals surface area contributed by atoms with Crippen molar-refractivity contribution in [2.75, 3.05) is 0 Å². The summed E-state index contributed by atoms with van der Waals surface area (Å²) in [7, 11) is 0. The molecule has 0 bridgehead atoms. The van der Waals surface area contributed by atoms with Crippen LogP contribution >= 0.6 is 0 Å². The zero-order valence-corrected chi connectivity index (χ0v) is 4.87. The van der Waals surface area contributed by atoms with Gasteiger partial charge in [-0.25, -0.2) is 0 Å². The van der Waals surface area contributed by atoms with E-state index in [1.54, 1.807) is 0 Å². The summed E-state index contributed by atoms with van der Waals surface area (Å²) in [5.74, 6) is 0. The van der Waals surface area contributed by atoms with E-state index in [1.807, 2.05) is 0 Å². The molecule has 0 amide bonds. The van der Waals surface area contributed by atoms with E-state index >= 15 is 0 Å². The summed E-state index contributed by atoms with van der Waals surface area (Å²) in [6.45, 7) is 0. The molecule has 0 aliphatic carbocycles. The molecular formula is F2NdO. The minimum absolute atomic E-state index is 0. The van der Waals surface area contributed by atoms with Gasteiger partial charge in [0.15, 0.2) is 0 Å². The molecule has 1 nitrogen and oxygen atoms in total. The fourth-order valence-electron chi connectivity index (χ4n) is 0. The third kappa shape index (κ3) is 10.9. The molecule has 0 heterocycles. The van der Waals surface area contributed by atoms with Crippen molar-refractivity contribution in [1.29, 1.82) is 0 Å². The first-order valence-corrected chi connectivity index (χ1v) is 0.309. The van der Waals surface area contributed by atoms with Gasteiger partial charge < -0.3 is 0 Å². The molecule has 0 atom stereocenters. The third-order valence-electron chi connectivity index (χ3n) is 0. The van der Waals surface area contributed by atoms with E-state index in [2.05, 4.69) is 0 Å². The van der Waals surface area contributed by atoms with Gasteiger partial charge in [0.2, 0.25) is 0 Å². The van der Waals surface area contributed by atoms with Crippen molar-refractivity contribution in [3.05, 3.63) is 0 Å². The largest absolute Gasteiger partial charge is 0.0209 e. The minimum Gasteiger partial charge on any atom is -0.0104 e. The van der Waals surface area contributed by atoms with Crippen molar-refractivity contribution in [3.63, 3.8) is 0 Å². The molecule has 0 radical (unpaired) electrons. The van der Waals surface area contributed by atoms with Crippen molar-refractivity contribution in [2.45, 2.75) is 0 Å². The molecule has 0 aromatic carbocycles. The second-order valence-electron chi connectivity index (χ2n) is 0.0583. The minimum atomic E-state index is 0. The molecule has 0 fully saturated rings. The number of rotatable bonds is 0.